The Hall–Kier alpha value is -4.68. The van der Waals surface area contributed by atoms with E-state index in [4.69, 9.17) is 5.26 Å². The lowest BCUT2D eigenvalue weighted by Crippen LogP contribution is -2.46. The maximum absolute atomic E-state index is 13.3. The Morgan fingerprint density at radius 2 is 1.46 bits per heavy atom. The molecule has 2 saturated heterocycles. The van der Waals surface area contributed by atoms with E-state index in [1.807, 2.05) is 52.3 Å². The zero-order valence-corrected chi connectivity index (χ0v) is 23.0. The van der Waals surface area contributed by atoms with Crippen LogP contribution in [0.25, 0.3) is 0 Å². The number of hydrogen-bond donors (Lipinski definition) is 2. The molecule has 2 fully saturated rings. The van der Waals surface area contributed by atoms with Crippen molar-refractivity contribution in [3.63, 3.8) is 0 Å². The minimum absolute atomic E-state index is 0.0494. The molecule has 0 saturated carbocycles. The van der Waals surface area contributed by atoms with Crippen LogP contribution in [-0.2, 0) is 11.2 Å². The van der Waals surface area contributed by atoms with Crippen LogP contribution in [-0.4, -0.2) is 79.9 Å². The molecule has 0 aliphatic carbocycles. The highest BCUT2D eigenvalue weighted by Gasteiger charge is 2.24. The third-order valence-electron chi connectivity index (χ3n) is 7.51. The number of nitriles is 1. The number of piperazine rings is 1. The summed E-state index contributed by atoms with van der Waals surface area (Å²) < 4.78 is 0. The van der Waals surface area contributed by atoms with E-state index in [9.17, 15) is 14.4 Å². The Morgan fingerprint density at radius 3 is 2.20 bits per heavy atom. The summed E-state index contributed by atoms with van der Waals surface area (Å²) in [5, 5.41) is 15.4. The van der Waals surface area contributed by atoms with Gasteiger partial charge in [0.15, 0.2) is 0 Å². The molecule has 0 radical (unpaired) electrons. The van der Waals surface area contributed by atoms with Gasteiger partial charge in [-0.25, -0.2) is 0 Å². The fourth-order valence-electron chi connectivity index (χ4n) is 5.30. The molecule has 2 aliphatic rings. The molecule has 0 bridgehead atoms. The zero-order chi connectivity index (χ0) is 28.6. The largest absolute Gasteiger partial charge is 0.368 e. The van der Waals surface area contributed by atoms with Crippen LogP contribution in [0.5, 0.6) is 0 Å². The Balaban J connectivity index is 1.35. The van der Waals surface area contributed by atoms with Crippen molar-refractivity contribution in [2.45, 2.75) is 12.8 Å². The maximum atomic E-state index is 13.3. The average Bonchev–Trinajstić information content (AvgIpc) is 3.27. The lowest BCUT2D eigenvalue weighted by atomic mass is 10.1. The van der Waals surface area contributed by atoms with E-state index in [1.54, 1.807) is 30.3 Å². The number of carbonyl (C=O) groups excluding carboxylic acids is 3. The number of nitrogens with zero attached hydrogens (tertiary/aromatic N) is 4. The summed E-state index contributed by atoms with van der Waals surface area (Å²) in [6.45, 7) is 5.20. The molecule has 3 aromatic carbocycles. The first-order valence-corrected chi connectivity index (χ1v) is 14.0. The highest BCUT2D eigenvalue weighted by Crippen LogP contribution is 2.29. The van der Waals surface area contributed by atoms with Crippen molar-refractivity contribution in [3.8, 4) is 6.07 Å². The van der Waals surface area contributed by atoms with Crippen LogP contribution in [0.3, 0.4) is 0 Å². The molecule has 3 aromatic rings. The molecular formula is C32H34N6O3. The molecular weight excluding hydrogens is 516 g/mol. The van der Waals surface area contributed by atoms with Crippen molar-refractivity contribution >= 4 is 29.1 Å². The second-order valence-electron chi connectivity index (χ2n) is 10.3. The summed E-state index contributed by atoms with van der Waals surface area (Å²) in [4.78, 5) is 45.4. The number of carbonyl (C=O) groups is 3. The van der Waals surface area contributed by atoms with E-state index in [0.717, 1.165) is 30.8 Å². The van der Waals surface area contributed by atoms with Gasteiger partial charge in [-0.3, -0.25) is 14.4 Å². The quantitative estimate of drug-likeness (QED) is 0.488. The molecule has 3 amide bonds. The van der Waals surface area contributed by atoms with Gasteiger partial charge in [0.2, 0.25) is 5.91 Å². The third kappa shape index (κ3) is 6.91. The van der Waals surface area contributed by atoms with Gasteiger partial charge in [-0.1, -0.05) is 30.3 Å². The first-order valence-electron chi connectivity index (χ1n) is 14.0. The van der Waals surface area contributed by atoms with Gasteiger partial charge >= 0.3 is 0 Å². The van der Waals surface area contributed by atoms with E-state index in [0.29, 0.717) is 61.6 Å². The predicted molar refractivity (Wildman–Crippen MR) is 158 cm³/mol. The molecule has 5 rings (SSSR count). The molecule has 210 valence electrons. The summed E-state index contributed by atoms with van der Waals surface area (Å²) in [6.07, 6.45) is 0.976. The second kappa shape index (κ2) is 13.1. The van der Waals surface area contributed by atoms with Gasteiger partial charge in [0.1, 0.15) is 0 Å². The lowest BCUT2D eigenvalue weighted by molar-refractivity contribution is -0.115. The highest BCUT2D eigenvalue weighted by molar-refractivity contribution is 6.00. The number of hydrogen-bond acceptors (Lipinski definition) is 6. The Bertz CT molecular complexity index is 1430. The van der Waals surface area contributed by atoms with Crippen LogP contribution in [0.4, 0.5) is 11.4 Å². The van der Waals surface area contributed by atoms with Gasteiger partial charge < -0.3 is 25.3 Å². The van der Waals surface area contributed by atoms with Gasteiger partial charge in [0.25, 0.3) is 11.8 Å². The SMILES string of the molecule is N#Cc1ccc(C(=O)N2CCCN(c3ccc(C(=O)N4CCNCC4)cc3NC(=O)Cc3ccccc3)CC2)cc1. The molecule has 41 heavy (non-hydrogen) atoms. The molecule has 9 heteroatoms. The van der Waals surface area contributed by atoms with Crippen LogP contribution in [0, 0.1) is 11.3 Å². The molecule has 0 spiro atoms. The third-order valence-corrected chi connectivity index (χ3v) is 7.51. The number of rotatable bonds is 6. The number of amides is 3. The van der Waals surface area contributed by atoms with E-state index < -0.39 is 0 Å². The lowest BCUT2D eigenvalue weighted by Gasteiger charge is -2.29. The summed E-state index contributed by atoms with van der Waals surface area (Å²) in [5.41, 5.74) is 3.95. The first-order chi connectivity index (χ1) is 20.0. The fourth-order valence-corrected chi connectivity index (χ4v) is 5.30. The second-order valence-corrected chi connectivity index (χ2v) is 10.3. The van der Waals surface area contributed by atoms with Crippen molar-refractivity contribution < 1.29 is 14.4 Å². The smallest absolute Gasteiger partial charge is 0.254 e. The molecule has 2 heterocycles. The van der Waals surface area contributed by atoms with E-state index in [-0.39, 0.29) is 24.1 Å². The van der Waals surface area contributed by atoms with E-state index in [2.05, 4.69) is 21.6 Å². The topological polar surface area (TPSA) is 109 Å². The monoisotopic (exact) mass is 550 g/mol. The molecule has 9 nitrogen and oxygen atoms in total. The van der Waals surface area contributed by atoms with Gasteiger partial charge in [-0.05, 0) is 54.4 Å². The van der Waals surface area contributed by atoms with Crippen molar-refractivity contribution in [2.24, 2.45) is 0 Å². The maximum Gasteiger partial charge on any atom is 0.254 e. The normalized spacial score (nSPS) is 15.5. The Kier molecular flexibility index (Phi) is 8.92. The summed E-state index contributed by atoms with van der Waals surface area (Å²) >= 11 is 0. The molecule has 0 unspecified atom stereocenters. The summed E-state index contributed by atoms with van der Waals surface area (Å²) in [7, 11) is 0. The molecule has 2 N–H and O–H groups in total. The summed E-state index contributed by atoms with van der Waals surface area (Å²) in [6, 6.07) is 23.9. The zero-order valence-electron chi connectivity index (χ0n) is 23.0. The Labute approximate surface area is 240 Å². The van der Waals surface area contributed by atoms with Crippen LogP contribution in [0.15, 0.2) is 72.8 Å². The fraction of sp³-hybridized carbons (Fsp3) is 0.312. The minimum Gasteiger partial charge on any atom is -0.368 e. The van der Waals surface area contributed by atoms with Gasteiger partial charge in [-0.2, -0.15) is 5.26 Å². The Morgan fingerprint density at radius 1 is 0.780 bits per heavy atom. The standard InChI is InChI=1S/C32H34N6O3/c33-23-25-7-9-26(10-8-25)31(40)37-16-4-15-36(19-20-37)29-12-11-27(32(41)38-17-13-34-14-18-38)22-28(29)35-30(39)21-24-5-2-1-3-6-24/h1-3,5-12,22,34H,4,13-21H2,(H,35,39). The summed E-state index contributed by atoms with van der Waals surface area (Å²) in [5.74, 6) is -0.270. The molecule has 2 aliphatic heterocycles. The van der Waals surface area contributed by atoms with Crippen molar-refractivity contribution in [2.75, 3.05) is 62.6 Å². The number of benzene rings is 3. The van der Waals surface area contributed by atoms with Gasteiger partial charge in [-0.15, -0.1) is 0 Å². The van der Waals surface area contributed by atoms with Gasteiger partial charge in [0, 0.05) is 63.5 Å². The van der Waals surface area contributed by atoms with Crippen molar-refractivity contribution in [3.05, 3.63) is 95.1 Å². The van der Waals surface area contributed by atoms with Crippen LogP contribution in [0.1, 0.15) is 38.3 Å². The first kappa shape index (κ1) is 27.9. The molecule has 0 aromatic heterocycles. The van der Waals surface area contributed by atoms with E-state index >= 15 is 0 Å². The van der Waals surface area contributed by atoms with Crippen LogP contribution < -0.4 is 15.5 Å². The van der Waals surface area contributed by atoms with Crippen LogP contribution in [0.2, 0.25) is 0 Å². The van der Waals surface area contributed by atoms with Gasteiger partial charge in [0.05, 0.1) is 29.4 Å². The number of nitrogens with one attached hydrogen (secondary N) is 2. The van der Waals surface area contributed by atoms with Crippen molar-refractivity contribution in [1.82, 2.24) is 15.1 Å². The van der Waals surface area contributed by atoms with Crippen molar-refractivity contribution in [1.29, 1.82) is 5.26 Å². The average molecular weight is 551 g/mol. The highest BCUT2D eigenvalue weighted by atomic mass is 16.2. The van der Waals surface area contributed by atoms with Crippen LogP contribution >= 0.6 is 0 Å². The number of anilines is 2. The predicted octanol–water partition coefficient (Wildman–Crippen LogP) is 3.14. The van der Waals surface area contributed by atoms with E-state index in [1.165, 1.54) is 0 Å². The molecule has 0 atom stereocenters. The minimum atomic E-state index is -0.156.